The number of phenolic OH excluding ortho intramolecular Hbond substituents is 1. The highest BCUT2D eigenvalue weighted by Gasteiger charge is 2.49. The van der Waals surface area contributed by atoms with Gasteiger partial charge in [0.2, 0.25) is 0 Å². The third-order valence-electron chi connectivity index (χ3n) is 8.82. The van der Waals surface area contributed by atoms with E-state index < -0.39 is 6.17 Å². The van der Waals surface area contributed by atoms with Crippen LogP contribution >= 0.6 is 0 Å². The lowest BCUT2D eigenvalue weighted by molar-refractivity contribution is 0.0995. The zero-order chi connectivity index (χ0) is 28.0. The molecule has 3 aromatic rings. The largest absolute Gasteiger partial charge is 0.508 e. The summed E-state index contributed by atoms with van der Waals surface area (Å²) in [6.07, 6.45) is 2.34. The van der Waals surface area contributed by atoms with Crippen LogP contribution in [-0.2, 0) is 11.3 Å². The van der Waals surface area contributed by atoms with Crippen molar-refractivity contribution < 1.29 is 23.8 Å². The van der Waals surface area contributed by atoms with Crippen LogP contribution in [0.3, 0.4) is 0 Å². The Morgan fingerprint density at radius 3 is 2.83 bits per heavy atom. The summed E-state index contributed by atoms with van der Waals surface area (Å²) < 4.78 is 26.3. The Morgan fingerprint density at radius 1 is 1.07 bits per heavy atom. The summed E-state index contributed by atoms with van der Waals surface area (Å²) in [6.45, 7) is 4.34. The number of carbonyl (C=O) groups excluding carboxylic acids is 1. The van der Waals surface area contributed by atoms with E-state index in [0.717, 1.165) is 36.9 Å². The van der Waals surface area contributed by atoms with E-state index in [-0.39, 0.29) is 29.8 Å². The second kappa shape index (κ2) is 10.6. The molecule has 2 atom stereocenters. The molecule has 10 heteroatoms. The molecule has 5 heterocycles. The van der Waals surface area contributed by atoms with Crippen LogP contribution in [0.25, 0.3) is 11.1 Å². The molecule has 3 fully saturated rings. The highest BCUT2D eigenvalue weighted by Crippen LogP contribution is 2.42. The molecule has 1 N–H and O–H groups in total. The molecule has 3 saturated heterocycles. The molecule has 214 valence electrons. The maximum absolute atomic E-state index is 14.4. The van der Waals surface area contributed by atoms with E-state index in [1.54, 1.807) is 17.0 Å². The molecule has 2 aromatic carbocycles. The average molecular weight is 560 g/mol. The minimum Gasteiger partial charge on any atom is -0.508 e. The van der Waals surface area contributed by atoms with Crippen LogP contribution in [0, 0.1) is 0 Å². The second-order valence-corrected chi connectivity index (χ2v) is 11.4. The van der Waals surface area contributed by atoms with Gasteiger partial charge in [-0.2, -0.15) is 9.97 Å². The van der Waals surface area contributed by atoms with Crippen LogP contribution in [0.15, 0.2) is 48.5 Å². The lowest BCUT2D eigenvalue weighted by Crippen LogP contribution is -2.43. The molecule has 1 amide bonds. The van der Waals surface area contributed by atoms with Crippen LogP contribution < -0.4 is 14.5 Å². The number of ether oxygens (including phenoxy) is 2. The average Bonchev–Trinajstić information content (AvgIpc) is 3.52. The number of alkyl halides is 1. The molecule has 0 aliphatic carbocycles. The first kappa shape index (κ1) is 26.2. The Bertz CT molecular complexity index is 1450. The van der Waals surface area contributed by atoms with Crippen molar-refractivity contribution in [3.63, 3.8) is 0 Å². The topological polar surface area (TPSA) is 91.3 Å². The molecular weight excluding hydrogens is 525 g/mol. The van der Waals surface area contributed by atoms with Crippen LogP contribution in [0.1, 0.15) is 41.7 Å². The van der Waals surface area contributed by atoms with Gasteiger partial charge in [-0.1, -0.05) is 30.3 Å². The molecule has 0 radical (unpaired) electrons. The van der Waals surface area contributed by atoms with Gasteiger partial charge in [-0.15, -0.1) is 0 Å². The van der Waals surface area contributed by atoms with Gasteiger partial charge in [-0.3, -0.25) is 9.69 Å². The monoisotopic (exact) mass is 559 g/mol. The van der Waals surface area contributed by atoms with Crippen molar-refractivity contribution in [1.29, 1.82) is 0 Å². The van der Waals surface area contributed by atoms with Crippen molar-refractivity contribution in [3.05, 3.63) is 59.8 Å². The molecule has 1 aromatic heterocycles. The van der Waals surface area contributed by atoms with Gasteiger partial charge in [0.15, 0.2) is 0 Å². The third kappa shape index (κ3) is 4.78. The smallest absolute Gasteiger partial charge is 0.318 e. The fourth-order valence-corrected chi connectivity index (χ4v) is 6.86. The predicted octanol–water partition coefficient (Wildman–Crippen LogP) is 4.19. The van der Waals surface area contributed by atoms with E-state index in [4.69, 9.17) is 19.4 Å². The van der Waals surface area contributed by atoms with Crippen LogP contribution in [0.5, 0.6) is 11.8 Å². The molecule has 9 nitrogen and oxygen atoms in total. The summed E-state index contributed by atoms with van der Waals surface area (Å²) in [5.41, 5.74) is 3.08. The number of aromatic hydroxyl groups is 1. The lowest BCUT2D eigenvalue weighted by atomic mass is 9.95. The van der Waals surface area contributed by atoms with E-state index in [1.807, 2.05) is 36.4 Å². The van der Waals surface area contributed by atoms with E-state index in [9.17, 15) is 14.3 Å². The van der Waals surface area contributed by atoms with Gasteiger partial charge in [0.05, 0.1) is 30.1 Å². The van der Waals surface area contributed by atoms with Crippen molar-refractivity contribution in [3.8, 4) is 22.9 Å². The number of nitrogens with zero attached hydrogens (tertiary/aromatic N) is 5. The predicted molar refractivity (Wildman–Crippen MR) is 152 cm³/mol. The van der Waals surface area contributed by atoms with E-state index in [2.05, 4.69) is 9.80 Å². The van der Waals surface area contributed by atoms with Crippen LogP contribution in [0.2, 0.25) is 0 Å². The molecule has 4 aliphatic heterocycles. The first-order valence-electron chi connectivity index (χ1n) is 14.5. The Balaban J connectivity index is 1.25. The number of hydrogen-bond acceptors (Lipinski definition) is 8. The third-order valence-corrected chi connectivity index (χ3v) is 8.82. The number of carbonyl (C=O) groups is 1. The van der Waals surface area contributed by atoms with Crippen molar-refractivity contribution in [2.75, 3.05) is 55.8 Å². The fourth-order valence-electron chi connectivity index (χ4n) is 6.86. The Hall–Kier alpha value is -3.76. The molecule has 0 unspecified atom stereocenters. The number of halogens is 1. The Labute approximate surface area is 238 Å². The van der Waals surface area contributed by atoms with Gasteiger partial charge in [0.25, 0.3) is 5.91 Å². The summed E-state index contributed by atoms with van der Waals surface area (Å²) in [5.74, 6) is 0.401. The maximum Gasteiger partial charge on any atom is 0.318 e. The van der Waals surface area contributed by atoms with Gasteiger partial charge in [0, 0.05) is 44.3 Å². The summed E-state index contributed by atoms with van der Waals surface area (Å²) >= 11 is 0. The number of rotatable bonds is 6. The highest BCUT2D eigenvalue weighted by atomic mass is 19.1. The molecule has 0 saturated carbocycles. The number of benzene rings is 2. The first-order chi connectivity index (χ1) is 20.0. The highest BCUT2D eigenvalue weighted by molar-refractivity contribution is 6.14. The summed E-state index contributed by atoms with van der Waals surface area (Å²) in [6, 6.07) is 15.1. The van der Waals surface area contributed by atoms with Crippen molar-refractivity contribution in [1.82, 2.24) is 14.9 Å². The maximum atomic E-state index is 14.4. The molecule has 0 spiro atoms. The second-order valence-electron chi connectivity index (χ2n) is 11.4. The molecule has 0 bridgehead atoms. The molecule has 41 heavy (non-hydrogen) atoms. The quantitative estimate of drug-likeness (QED) is 0.481. The van der Waals surface area contributed by atoms with Gasteiger partial charge in [0.1, 0.15) is 29.9 Å². The van der Waals surface area contributed by atoms with Gasteiger partial charge in [-0.05, 0) is 43.5 Å². The van der Waals surface area contributed by atoms with Gasteiger partial charge < -0.3 is 24.4 Å². The number of fused-ring (bicyclic) bond motifs is 2. The number of aromatic nitrogens is 2. The Morgan fingerprint density at radius 2 is 1.95 bits per heavy atom. The zero-order valence-corrected chi connectivity index (χ0v) is 23.0. The van der Waals surface area contributed by atoms with Gasteiger partial charge >= 0.3 is 6.01 Å². The van der Waals surface area contributed by atoms with Gasteiger partial charge in [-0.25, -0.2) is 4.39 Å². The Kier molecular flexibility index (Phi) is 6.75. The van der Waals surface area contributed by atoms with E-state index >= 15 is 0 Å². The standard InChI is InChI=1S/C31H34FN5O4/c32-22-17-31(10-4-12-36(31)18-22)20-41-30-33-25-19-37(26-16-23(38)8-9-24(26)21-6-2-1-3-7-21)29(39)27(25)28(34-30)35-11-5-14-40-15-13-35/h1-3,6-9,16,22,38H,4-5,10-15,17-20H2/t22-,31+/m1/s1. The molecule has 7 rings (SSSR count). The van der Waals surface area contributed by atoms with Crippen molar-refractivity contribution in [2.24, 2.45) is 0 Å². The van der Waals surface area contributed by atoms with Crippen LogP contribution in [0.4, 0.5) is 15.9 Å². The van der Waals surface area contributed by atoms with Crippen molar-refractivity contribution >= 4 is 17.4 Å². The summed E-state index contributed by atoms with van der Waals surface area (Å²) in [7, 11) is 0. The number of amides is 1. The summed E-state index contributed by atoms with van der Waals surface area (Å²) in [4.78, 5) is 29.6. The number of phenols is 1. The normalized spacial score (nSPS) is 24.4. The summed E-state index contributed by atoms with van der Waals surface area (Å²) in [5, 5.41) is 10.4. The minimum atomic E-state index is -0.847. The fraction of sp³-hybridized carbons (Fsp3) is 0.452. The molecular formula is C31H34FN5O4. The number of anilines is 2. The lowest BCUT2D eigenvalue weighted by Gasteiger charge is -2.31. The van der Waals surface area contributed by atoms with Crippen molar-refractivity contribution in [2.45, 2.75) is 43.9 Å². The van der Waals surface area contributed by atoms with E-state index in [0.29, 0.717) is 68.6 Å². The number of hydrogen-bond donors (Lipinski definition) is 1. The molecule has 4 aliphatic rings. The SMILES string of the molecule is O=C1c2c(nc(OC[C@@]34CCCN3C[C@H](F)C4)nc2N2CCCOCC2)CN1c1cc(O)ccc1-c1ccccc1. The first-order valence-corrected chi connectivity index (χ1v) is 14.5. The van der Waals surface area contributed by atoms with Crippen LogP contribution in [-0.4, -0.2) is 83.6 Å². The van der Waals surface area contributed by atoms with E-state index in [1.165, 1.54) is 0 Å². The minimum absolute atomic E-state index is 0.0755. The zero-order valence-electron chi connectivity index (χ0n) is 23.0.